The van der Waals surface area contributed by atoms with E-state index in [2.05, 4.69) is 16.2 Å². The summed E-state index contributed by atoms with van der Waals surface area (Å²) >= 11 is 1.71. The van der Waals surface area contributed by atoms with E-state index in [-0.39, 0.29) is 12.1 Å². The molecule has 3 rings (SSSR count). The number of hydrogen-bond acceptors (Lipinski definition) is 3. The fourth-order valence-corrected chi connectivity index (χ4v) is 5.66. The monoisotopic (exact) mass is 351 g/mol. The summed E-state index contributed by atoms with van der Waals surface area (Å²) in [6.45, 7) is 4.20. The van der Waals surface area contributed by atoms with E-state index >= 15 is 0 Å². The summed E-state index contributed by atoms with van der Waals surface area (Å²) in [6, 6.07) is 12.8. The number of hydrogen-bond donors (Lipinski definition) is 2. The van der Waals surface area contributed by atoms with Crippen LogP contribution in [0.4, 0.5) is 0 Å². The van der Waals surface area contributed by atoms with Crippen LogP contribution in [0.1, 0.15) is 30.7 Å². The molecule has 124 valence electrons. The van der Waals surface area contributed by atoms with Crippen molar-refractivity contribution >= 4 is 21.4 Å². The zero-order chi connectivity index (χ0) is 16.3. The Kier molecular flexibility index (Phi) is 5.16. The van der Waals surface area contributed by atoms with Gasteiger partial charge < -0.3 is 4.90 Å². The van der Waals surface area contributed by atoms with Crippen LogP contribution in [0.15, 0.2) is 52.7 Å². The average molecular weight is 352 g/mol. The molecule has 0 aliphatic carbocycles. The summed E-state index contributed by atoms with van der Waals surface area (Å²) in [5, 5.41) is 2.07. The molecule has 2 N–H and O–H groups in total. The topological polar surface area (TPSA) is 50.6 Å². The van der Waals surface area contributed by atoms with Gasteiger partial charge in [-0.2, -0.15) is 0 Å². The zero-order valence-electron chi connectivity index (χ0n) is 13.2. The average Bonchev–Trinajstić information content (AvgIpc) is 3.22. The van der Waals surface area contributed by atoms with Crippen LogP contribution in [0, 0.1) is 0 Å². The smallest absolute Gasteiger partial charge is 0.241 e. The van der Waals surface area contributed by atoms with E-state index < -0.39 is 10.0 Å². The number of rotatable bonds is 6. The van der Waals surface area contributed by atoms with Gasteiger partial charge in [-0.25, -0.2) is 13.1 Å². The molecule has 0 saturated carbocycles. The van der Waals surface area contributed by atoms with Crippen molar-refractivity contribution in [1.82, 2.24) is 4.72 Å². The van der Waals surface area contributed by atoms with Crippen LogP contribution in [0.5, 0.6) is 0 Å². The quantitative estimate of drug-likeness (QED) is 0.834. The number of quaternary nitrogens is 1. The second kappa shape index (κ2) is 7.13. The van der Waals surface area contributed by atoms with E-state index in [0.29, 0.717) is 4.90 Å². The first-order valence-electron chi connectivity index (χ1n) is 8.03. The van der Waals surface area contributed by atoms with Crippen molar-refractivity contribution in [1.29, 1.82) is 0 Å². The van der Waals surface area contributed by atoms with E-state index in [1.165, 1.54) is 22.6 Å². The van der Waals surface area contributed by atoms with Gasteiger partial charge in [-0.15, -0.1) is 11.3 Å². The molecule has 6 heteroatoms. The summed E-state index contributed by atoms with van der Waals surface area (Å²) < 4.78 is 28.1. The van der Waals surface area contributed by atoms with E-state index in [1.807, 2.05) is 19.1 Å². The first-order chi connectivity index (χ1) is 11.1. The third-order valence-corrected chi connectivity index (χ3v) is 6.96. The molecule has 0 radical (unpaired) electrons. The van der Waals surface area contributed by atoms with Crippen LogP contribution in [0.2, 0.25) is 0 Å². The van der Waals surface area contributed by atoms with Gasteiger partial charge in [0.15, 0.2) is 0 Å². The van der Waals surface area contributed by atoms with Crippen molar-refractivity contribution in [2.24, 2.45) is 0 Å². The molecule has 1 aliphatic rings. The lowest BCUT2D eigenvalue weighted by molar-refractivity contribution is -0.920. The largest absolute Gasteiger partial charge is 0.327 e. The van der Waals surface area contributed by atoms with E-state index in [9.17, 15) is 8.42 Å². The van der Waals surface area contributed by atoms with Crippen LogP contribution < -0.4 is 9.62 Å². The SMILES string of the molecule is C[C@@H](NS(=O)(=O)c1ccccc1)[C@@H](c1cccs1)[NH+]1CCCC1. The molecule has 0 amide bonds. The van der Waals surface area contributed by atoms with Crippen LogP contribution in [-0.2, 0) is 10.0 Å². The van der Waals surface area contributed by atoms with Gasteiger partial charge in [0.25, 0.3) is 0 Å². The standard InChI is InChI=1S/C17H22N2O2S2/c1-14(18-23(20,21)15-8-3-2-4-9-15)17(16-10-7-13-22-16)19-11-5-6-12-19/h2-4,7-10,13-14,17-18H,5-6,11-12H2,1H3/p+1/t14-,17+/m1/s1. The van der Waals surface area contributed by atoms with Crippen molar-refractivity contribution in [2.45, 2.75) is 36.7 Å². The Labute approximate surface area is 142 Å². The van der Waals surface area contributed by atoms with E-state index in [0.717, 1.165) is 13.1 Å². The molecule has 1 saturated heterocycles. The number of nitrogens with one attached hydrogen (secondary N) is 2. The summed E-state index contributed by atoms with van der Waals surface area (Å²) in [5.41, 5.74) is 0. The molecule has 1 aromatic carbocycles. The van der Waals surface area contributed by atoms with Crippen molar-refractivity contribution in [2.75, 3.05) is 13.1 Å². The number of benzene rings is 1. The van der Waals surface area contributed by atoms with Gasteiger partial charge in [0.2, 0.25) is 10.0 Å². The number of thiophene rings is 1. The minimum absolute atomic E-state index is 0.146. The molecular formula is C17H23N2O2S2+. The van der Waals surface area contributed by atoms with Gasteiger partial charge in [0, 0.05) is 12.8 Å². The highest BCUT2D eigenvalue weighted by Crippen LogP contribution is 2.22. The predicted molar refractivity (Wildman–Crippen MR) is 93.2 cm³/mol. The van der Waals surface area contributed by atoms with Crippen LogP contribution in [0.25, 0.3) is 0 Å². The van der Waals surface area contributed by atoms with Gasteiger partial charge >= 0.3 is 0 Å². The molecular weight excluding hydrogens is 328 g/mol. The molecule has 1 aromatic heterocycles. The van der Waals surface area contributed by atoms with Gasteiger partial charge in [-0.1, -0.05) is 24.3 Å². The third-order valence-electron chi connectivity index (χ3n) is 4.43. The molecule has 4 nitrogen and oxygen atoms in total. The maximum Gasteiger partial charge on any atom is 0.241 e. The first kappa shape index (κ1) is 16.6. The minimum Gasteiger partial charge on any atom is -0.327 e. The lowest BCUT2D eigenvalue weighted by Gasteiger charge is -2.29. The Bertz CT molecular complexity index is 708. The van der Waals surface area contributed by atoms with Crippen LogP contribution in [0.3, 0.4) is 0 Å². The highest BCUT2D eigenvalue weighted by atomic mass is 32.2. The molecule has 1 aliphatic heterocycles. The molecule has 2 heterocycles. The summed E-state index contributed by atoms with van der Waals surface area (Å²) in [4.78, 5) is 3.06. The minimum atomic E-state index is -3.48. The van der Waals surface area contributed by atoms with Gasteiger partial charge in [0.1, 0.15) is 6.04 Å². The highest BCUT2D eigenvalue weighted by molar-refractivity contribution is 7.89. The second-order valence-electron chi connectivity index (χ2n) is 6.08. The maximum atomic E-state index is 12.6. The molecule has 0 unspecified atom stereocenters. The molecule has 2 aromatic rings. The number of sulfonamides is 1. The Balaban J connectivity index is 1.82. The maximum absolute atomic E-state index is 12.6. The van der Waals surface area contributed by atoms with Crippen molar-refractivity contribution in [3.63, 3.8) is 0 Å². The lowest BCUT2D eigenvalue weighted by atomic mass is 10.1. The Morgan fingerprint density at radius 2 is 1.78 bits per heavy atom. The lowest BCUT2D eigenvalue weighted by Crippen LogP contribution is -3.11. The third kappa shape index (κ3) is 3.83. The molecule has 0 bridgehead atoms. The van der Waals surface area contributed by atoms with E-state index in [1.54, 1.807) is 35.6 Å². The summed E-state index contributed by atoms with van der Waals surface area (Å²) in [6.07, 6.45) is 2.44. The second-order valence-corrected chi connectivity index (χ2v) is 8.77. The Hall–Kier alpha value is -1.21. The van der Waals surface area contributed by atoms with Gasteiger partial charge in [0.05, 0.1) is 28.9 Å². The number of likely N-dealkylation sites (tertiary alicyclic amines) is 1. The Morgan fingerprint density at radius 3 is 2.39 bits per heavy atom. The predicted octanol–water partition coefficient (Wildman–Crippen LogP) is 1.83. The van der Waals surface area contributed by atoms with Crippen molar-refractivity contribution in [3.05, 3.63) is 52.7 Å². The first-order valence-corrected chi connectivity index (χ1v) is 10.4. The fraction of sp³-hybridized carbons (Fsp3) is 0.412. The molecule has 1 fully saturated rings. The highest BCUT2D eigenvalue weighted by Gasteiger charge is 2.35. The normalized spacial score (nSPS) is 18.8. The van der Waals surface area contributed by atoms with Crippen molar-refractivity contribution < 1.29 is 13.3 Å². The molecule has 23 heavy (non-hydrogen) atoms. The van der Waals surface area contributed by atoms with Gasteiger partial charge in [-0.3, -0.25) is 0 Å². The molecule has 2 atom stereocenters. The summed E-state index contributed by atoms with van der Waals surface area (Å²) in [5.74, 6) is 0. The van der Waals surface area contributed by atoms with Gasteiger partial charge in [-0.05, 0) is 30.5 Å². The van der Waals surface area contributed by atoms with Crippen LogP contribution in [-0.4, -0.2) is 27.5 Å². The van der Waals surface area contributed by atoms with Crippen molar-refractivity contribution in [3.8, 4) is 0 Å². The summed E-state index contributed by atoms with van der Waals surface area (Å²) in [7, 11) is -3.48. The zero-order valence-corrected chi connectivity index (χ0v) is 14.9. The molecule has 0 spiro atoms. The van der Waals surface area contributed by atoms with Crippen LogP contribution >= 0.6 is 11.3 Å². The fourth-order valence-electron chi connectivity index (χ4n) is 3.39. The van der Waals surface area contributed by atoms with E-state index in [4.69, 9.17) is 0 Å². The Morgan fingerprint density at radius 1 is 1.09 bits per heavy atom.